The van der Waals surface area contributed by atoms with Crippen LogP contribution in [0.2, 0.25) is 0 Å². The zero-order valence-electron chi connectivity index (χ0n) is 18.7. The number of rotatable bonds is 5. The highest BCUT2D eigenvalue weighted by molar-refractivity contribution is 5.80. The molecule has 0 unspecified atom stereocenters. The fraction of sp³-hybridized carbons (Fsp3) is 0.600. The average molecular weight is 411 g/mol. The van der Waals surface area contributed by atoms with Gasteiger partial charge in [-0.05, 0) is 61.3 Å². The highest BCUT2D eigenvalue weighted by Crippen LogP contribution is 2.39. The van der Waals surface area contributed by atoms with E-state index in [0.29, 0.717) is 11.5 Å². The molecule has 0 N–H and O–H groups in total. The van der Waals surface area contributed by atoms with Crippen LogP contribution in [0, 0.1) is 17.3 Å². The van der Waals surface area contributed by atoms with Gasteiger partial charge in [0.15, 0.2) is 0 Å². The Morgan fingerprint density at radius 2 is 1.83 bits per heavy atom. The molecule has 0 spiro atoms. The fourth-order valence-electron chi connectivity index (χ4n) is 4.79. The molecule has 0 bridgehead atoms. The van der Waals surface area contributed by atoms with E-state index in [4.69, 9.17) is 14.5 Å². The van der Waals surface area contributed by atoms with Gasteiger partial charge in [0, 0.05) is 25.0 Å². The van der Waals surface area contributed by atoms with Gasteiger partial charge in [-0.2, -0.15) is 0 Å². The van der Waals surface area contributed by atoms with Crippen molar-refractivity contribution in [2.24, 2.45) is 17.3 Å². The Hall–Kier alpha value is -2.14. The van der Waals surface area contributed by atoms with E-state index in [-0.39, 0.29) is 11.9 Å². The number of ether oxygens (including phenoxy) is 2. The molecule has 1 aromatic heterocycles. The van der Waals surface area contributed by atoms with E-state index in [1.165, 1.54) is 20.0 Å². The quantitative estimate of drug-likeness (QED) is 0.661. The van der Waals surface area contributed by atoms with Gasteiger partial charge in [0.25, 0.3) is 0 Å². The predicted octanol–water partition coefficient (Wildman–Crippen LogP) is 4.82. The van der Waals surface area contributed by atoms with Crippen LogP contribution in [0.25, 0.3) is 10.9 Å². The Labute approximate surface area is 179 Å². The van der Waals surface area contributed by atoms with Gasteiger partial charge in [0.05, 0.1) is 30.3 Å². The second kappa shape index (κ2) is 8.54. The van der Waals surface area contributed by atoms with Crippen LogP contribution in [-0.2, 0) is 16.1 Å². The molecule has 0 amide bonds. The molecule has 0 radical (unpaired) electrons. The van der Waals surface area contributed by atoms with E-state index in [9.17, 15) is 4.79 Å². The van der Waals surface area contributed by atoms with Crippen LogP contribution in [0.5, 0.6) is 5.75 Å². The zero-order valence-corrected chi connectivity index (χ0v) is 18.7. The Balaban J connectivity index is 1.33. The highest BCUT2D eigenvalue weighted by atomic mass is 16.5. The van der Waals surface area contributed by atoms with Gasteiger partial charge in [-0.3, -0.25) is 14.7 Å². The van der Waals surface area contributed by atoms with E-state index >= 15 is 0 Å². The number of pyridine rings is 1. The molecule has 4 rings (SSSR count). The molecule has 30 heavy (non-hydrogen) atoms. The number of hydrogen-bond acceptors (Lipinski definition) is 5. The van der Waals surface area contributed by atoms with Crippen LogP contribution in [0.15, 0.2) is 30.3 Å². The minimum absolute atomic E-state index is 0.00799. The number of esters is 1. The summed E-state index contributed by atoms with van der Waals surface area (Å²) in [6.45, 7) is 9.31. The number of benzene rings is 1. The van der Waals surface area contributed by atoms with Crippen LogP contribution in [0.1, 0.15) is 52.1 Å². The number of carbonyl (C=O) groups excluding carboxylic acids is 1. The molecule has 1 saturated heterocycles. The van der Waals surface area contributed by atoms with Crippen LogP contribution >= 0.6 is 0 Å². The summed E-state index contributed by atoms with van der Waals surface area (Å²) in [4.78, 5) is 18.5. The molecule has 2 heterocycles. The fourth-order valence-corrected chi connectivity index (χ4v) is 4.79. The monoisotopic (exact) mass is 410 g/mol. The summed E-state index contributed by atoms with van der Waals surface area (Å²) in [5.41, 5.74) is 2.41. The Kier molecular flexibility index (Phi) is 6.01. The smallest absolute Gasteiger partial charge is 0.311 e. The van der Waals surface area contributed by atoms with Crippen molar-refractivity contribution >= 4 is 16.9 Å². The zero-order chi connectivity index (χ0) is 21.3. The molecule has 1 aliphatic carbocycles. The van der Waals surface area contributed by atoms with Gasteiger partial charge >= 0.3 is 5.97 Å². The first-order valence-electron chi connectivity index (χ1n) is 11.2. The molecule has 5 nitrogen and oxygen atoms in total. The van der Waals surface area contributed by atoms with Crippen molar-refractivity contribution in [3.8, 4) is 5.75 Å². The molecule has 1 aromatic carbocycles. The first kappa shape index (κ1) is 21.1. The van der Waals surface area contributed by atoms with Gasteiger partial charge < -0.3 is 9.47 Å². The third-order valence-electron chi connectivity index (χ3n) is 6.80. The molecular weight excluding hydrogens is 376 g/mol. The number of hydrogen-bond donors (Lipinski definition) is 0. The standard InChI is InChI=1S/C25H34N2O3/c1-25(2,3)19-6-9-21(10-7-19)30-22-11-12-23-17(13-22)5-8-20(26-23)16-27-14-18(15-27)24(28)29-4/h5,8,11-13,18-19,21H,6-7,9-10,14-16H2,1-4H3/t19-,21-. The molecule has 2 fully saturated rings. The van der Waals surface area contributed by atoms with E-state index in [2.05, 4.69) is 49.9 Å². The van der Waals surface area contributed by atoms with Crippen molar-refractivity contribution in [2.45, 2.75) is 59.1 Å². The van der Waals surface area contributed by atoms with Crippen molar-refractivity contribution < 1.29 is 14.3 Å². The van der Waals surface area contributed by atoms with Crippen molar-refractivity contribution in [3.05, 3.63) is 36.0 Å². The van der Waals surface area contributed by atoms with Crippen molar-refractivity contribution in [3.63, 3.8) is 0 Å². The Bertz CT molecular complexity index is 891. The lowest BCUT2D eigenvalue weighted by Crippen LogP contribution is -2.50. The van der Waals surface area contributed by atoms with Gasteiger partial charge in [0.1, 0.15) is 5.75 Å². The lowest BCUT2D eigenvalue weighted by molar-refractivity contribution is -0.151. The van der Waals surface area contributed by atoms with Gasteiger partial charge in [-0.15, -0.1) is 0 Å². The van der Waals surface area contributed by atoms with Gasteiger partial charge in [-0.25, -0.2) is 0 Å². The number of carbonyl (C=O) groups is 1. The topological polar surface area (TPSA) is 51.7 Å². The van der Waals surface area contributed by atoms with Crippen molar-refractivity contribution in [2.75, 3.05) is 20.2 Å². The summed E-state index contributed by atoms with van der Waals surface area (Å²) >= 11 is 0. The first-order valence-corrected chi connectivity index (χ1v) is 11.2. The molecule has 1 saturated carbocycles. The molecule has 5 heteroatoms. The maximum atomic E-state index is 11.5. The highest BCUT2D eigenvalue weighted by Gasteiger charge is 2.33. The minimum atomic E-state index is -0.114. The van der Waals surface area contributed by atoms with Crippen LogP contribution < -0.4 is 4.74 Å². The number of fused-ring (bicyclic) bond motifs is 1. The maximum Gasteiger partial charge on any atom is 0.311 e. The maximum absolute atomic E-state index is 11.5. The van der Waals surface area contributed by atoms with E-state index < -0.39 is 0 Å². The summed E-state index contributed by atoms with van der Waals surface area (Å²) in [5, 5.41) is 1.11. The molecule has 2 aromatic rings. The summed E-state index contributed by atoms with van der Waals surface area (Å²) in [6.07, 6.45) is 5.10. The number of methoxy groups -OCH3 is 1. The number of aromatic nitrogens is 1. The first-order chi connectivity index (χ1) is 14.3. The minimum Gasteiger partial charge on any atom is -0.490 e. The van der Waals surface area contributed by atoms with Crippen LogP contribution in [-0.4, -0.2) is 42.2 Å². The molecular formula is C25H34N2O3. The second-order valence-electron chi connectivity index (χ2n) is 10.0. The van der Waals surface area contributed by atoms with Gasteiger partial charge in [-0.1, -0.05) is 26.8 Å². The van der Waals surface area contributed by atoms with E-state index in [1.54, 1.807) is 0 Å². The third kappa shape index (κ3) is 4.77. The van der Waals surface area contributed by atoms with Gasteiger partial charge in [0.2, 0.25) is 0 Å². The van der Waals surface area contributed by atoms with Crippen LogP contribution in [0.4, 0.5) is 0 Å². The third-order valence-corrected chi connectivity index (χ3v) is 6.80. The van der Waals surface area contributed by atoms with Crippen LogP contribution in [0.3, 0.4) is 0 Å². The summed E-state index contributed by atoms with van der Waals surface area (Å²) in [5.74, 6) is 1.64. The van der Waals surface area contributed by atoms with Crippen molar-refractivity contribution in [1.82, 2.24) is 9.88 Å². The average Bonchev–Trinajstić information content (AvgIpc) is 2.69. The SMILES string of the molecule is COC(=O)C1CN(Cc2ccc3cc(O[C@H]4CC[C@H](C(C)(C)C)CC4)ccc3n2)C1. The molecule has 2 aliphatic rings. The molecule has 0 atom stereocenters. The summed E-state index contributed by atoms with van der Waals surface area (Å²) in [7, 11) is 1.45. The summed E-state index contributed by atoms with van der Waals surface area (Å²) < 4.78 is 11.1. The number of likely N-dealkylation sites (tertiary alicyclic amines) is 1. The van der Waals surface area contributed by atoms with Crippen molar-refractivity contribution in [1.29, 1.82) is 0 Å². The van der Waals surface area contributed by atoms with E-state index in [0.717, 1.165) is 60.7 Å². The normalized spacial score (nSPS) is 23.2. The number of nitrogens with zero attached hydrogens (tertiary/aromatic N) is 2. The Morgan fingerprint density at radius 3 is 2.50 bits per heavy atom. The molecule has 162 valence electrons. The summed E-state index contributed by atoms with van der Waals surface area (Å²) in [6, 6.07) is 10.4. The second-order valence-corrected chi connectivity index (χ2v) is 10.0. The Morgan fingerprint density at radius 1 is 1.10 bits per heavy atom. The molecule has 1 aliphatic heterocycles. The lowest BCUT2D eigenvalue weighted by atomic mass is 9.72. The largest absolute Gasteiger partial charge is 0.490 e. The predicted molar refractivity (Wildman–Crippen MR) is 118 cm³/mol. The van der Waals surface area contributed by atoms with E-state index in [1.807, 2.05) is 6.07 Å². The lowest BCUT2D eigenvalue weighted by Gasteiger charge is -2.37.